The number of ketones is 6. The van der Waals surface area contributed by atoms with Crippen LogP contribution in [0.25, 0.3) is 0 Å². The van der Waals surface area contributed by atoms with Crippen LogP contribution in [0.2, 0.25) is 0 Å². The van der Waals surface area contributed by atoms with Gasteiger partial charge in [-0.25, -0.2) is 0 Å². The Morgan fingerprint density at radius 2 is 1.51 bits per heavy atom. The van der Waals surface area contributed by atoms with Gasteiger partial charge in [0.1, 0.15) is 17.3 Å². The molecule has 0 aromatic carbocycles. The summed E-state index contributed by atoms with van der Waals surface area (Å²) in [7, 11) is 1.26. The molecule has 0 saturated heterocycles. The van der Waals surface area contributed by atoms with E-state index in [-0.39, 0.29) is 66.4 Å². The smallest absolute Gasteiger partial charge is 0.308 e. The summed E-state index contributed by atoms with van der Waals surface area (Å²) in [6.45, 7) is 12.1. The number of methoxy groups -OCH3 is 1. The molecule has 7 atom stereocenters. The van der Waals surface area contributed by atoms with Gasteiger partial charge in [-0.1, -0.05) is 41.5 Å². The van der Waals surface area contributed by atoms with Crippen molar-refractivity contribution in [3.8, 4) is 0 Å². The second-order valence-corrected chi connectivity index (χ2v) is 13.6. The molecule has 0 radical (unpaired) electrons. The predicted molar refractivity (Wildman–Crippen MR) is 140 cm³/mol. The minimum absolute atomic E-state index is 0.0266. The number of carbonyl (C=O) groups is 7. The van der Waals surface area contributed by atoms with Crippen molar-refractivity contribution in [2.75, 3.05) is 7.11 Å². The molecule has 2 saturated carbocycles. The van der Waals surface area contributed by atoms with E-state index in [2.05, 4.69) is 0 Å². The van der Waals surface area contributed by atoms with E-state index in [1.165, 1.54) is 7.11 Å². The summed E-state index contributed by atoms with van der Waals surface area (Å²) >= 11 is 0. The number of Topliss-reactive ketones (excluding diaryl/α,β-unsaturated/α-hetero) is 6. The average Bonchev–Trinajstić information content (AvgIpc) is 3.07. The van der Waals surface area contributed by atoms with Crippen LogP contribution in [0, 0.1) is 45.3 Å². The molecule has 0 aliphatic heterocycles. The molecule has 0 bridgehead atoms. The summed E-state index contributed by atoms with van der Waals surface area (Å²) in [5, 5.41) is 0. The molecule has 0 N–H and O–H groups in total. The minimum Gasteiger partial charge on any atom is -0.469 e. The maximum atomic E-state index is 14.1. The normalized spacial score (nSPS) is 37.2. The molecule has 8 nitrogen and oxygen atoms in total. The second kappa shape index (κ2) is 9.13. The van der Waals surface area contributed by atoms with E-state index < -0.39 is 62.9 Å². The van der Waals surface area contributed by atoms with Gasteiger partial charge in [-0.2, -0.15) is 0 Å². The minimum atomic E-state index is -1.49. The van der Waals surface area contributed by atoms with Gasteiger partial charge in [0.15, 0.2) is 5.78 Å². The van der Waals surface area contributed by atoms with Crippen molar-refractivity contribution >= 4 is 40.7 Å². The molecule has 4 aliphatic rings. The average molecular weight is 541 g/mol. The topological polar surface area (TPSA) is 129 Å². The Morgan fingerprint density at radius 3 is 2.10 bits per heavy atom. The van der Waals surface area contributed by atoms with E-state index in [4.69, 9.17) is 4.74 Å². The van der Waals surface area contributed by atoms with Gasteiger partial charge < -0.3 is 4.74 Å². The van der Waals surface area contributed by atoms with Gasteiger partial charge in [-0.05, 0) is 31.1 Å². The Labute approximate surface area is 229 Å². The summed E-state index contributed by atoms with van der Waals surface area (Å²) in [6.07, 6.45) is 0.599. The molecule has 212 valence electrons. The molecule has 0 spiro atoms. The molecule has 0 heterocycles. The Kier molecular flexibility index (Phi) is 6.84. The first-order valence-electron chi connectivity index (χ1n) is 13.9. The lowest BCUT2D eigenvalue weighted by Gasteiger charge is -2.57. The molecule has 4 aliphatic carbocycles. The predicted octanol–water partition coefficient (Wildman–Crippen LogP) is 3.82. The number of allylic oxidation sites excluding steroid dienone is 2. The van der Waals surface area contributed by atoms with Crippen LogP contribution >= 0.6 is 0 Å². The molecule has 4 rings (SSSR count). The lowest BCUT2D eigenvalue weighted by molar-refractivity contribution is -0.156. The third kappa shape index (κ3) is 3.72. The zero-order chi connectivity index (χ0) is 29.5. The maximum Gasteiger partial charge on any atom is 0.308 e. The summed E-state index contributed by atoms with van der Waals surface area (Å²) in [5.41, 5.74) is -4.40. The number of carbonyl (C=O) groups excluding carboxylic acids is 7. The van der Waals surface area contributed by atoms with Crippen LogP contribution in [0.4, 0.5) is 0 Å². The first-order chi connectivity index (χ1) is 17.9. The fourth-order valence-corrected chi connectivity index (χ4v) is 8.65. The van der Waals surface area contributed by atoms with Crippen molar-refractivity contribution < 1.29 is 38.3 Å². The van der Waals surface area contributed by atoms with Crippen LogP contribution in [0.15, 0.2) is 11.1 Å². The fraction of sp³-hybridized carbons (Fsp3) is 0.710. The number of hydrogen-bond acceptors (Lipinski definition) is 8. The second-order valence-electron chi connectivity index (χ2n) is 13.6. The van der Waals surface area contributed by atoms with Crippen molar-refractivity contribution in [3.05, 3.63) is 11.1 Å². The van der Waals surface area contributed by atoms with Crippen LogP contribution in [-0.2, 0) is 38.3 Å². The Balaban J connectivity index is 1.78. The first kappa shape index (κ1) is 29.2. The summed E-state index contributed by atoms with van der Waals surface area (Å²) in [5.74, 6) is -4.81. The third-order valence-electron chi connectivity index (χ3n) is 11.2. The van der Waals surface area contributed by atoms with Crippen molar-refractivity contribution in [3.63, 3.8) is 0 Å². The Bertz CT molecular complexity index is 1250. The SMILES string of the molecule is COC(=O)C(C)CC(=O)C[C@@H](C)[C@H]1CC(=O)[C@@]2(C)C3=C(C(=O)C(=O)[C@]12C)[C@@]1(C)CCC(=O)C(C)(C)C1CC3=O. The highest BCUT2D eigenvalue weighted by Crippen LogP contribution is 2.68. The Hall–Kier alpha value is -2.77. The highest BCUT2D eigenvalue weighted by molar-refractivity contribution is 6.49. The molecule has 8 heteroatoms. The van der Waals surface area contributed by atoms with Gasteiger partial charge in [0.25, 0.3) is 0 Å². The van der Waals surface area contributed by atoms with Crippen LogP contribution < -0.4 is 0 Å². The van der Waals surface area contributed by atoms with Crippen molar-refractivity contribution in [1.29, 1.82) is 0 Å². The van der Waals surface area contributed by atoms with Crippen LogP contribution in [0.3, 0.4) is 0 Å². The summed E-state index contributed by atoms with van der Waals surface area (Å²) < 4.78 is 4.71. The van der Waals surface area contributed by atoms with E-state index >= 15 is 0 Å². The molecular weight excluding hydrogens is 500 g/mol. The van der Waals surface area contributed by atoms with Crippen LogP contribution in [-0.4, -0.2) is 47.8 Å². The molecule has 2 fully saturated rings. The molecular formula is C31H40O8. The standard InChI is InChI=1S/C31H40O8/c1-15(11-17(32)12-16(2)27(38)39-8)18-13-22(35)31(7)23-19(33)14-20-28(3,4)21(34)9-10-29(20,5)24(23)25(36)26(37)30(18,31)6/h15-16,18,20H,9-14H2,1-8H3/t15-,16?,18-,20?,29+,30+,31+/m1/s1. The van der Waals surface area contributed by atoms with Crippen LogP contribution in [0.1, 0.15) is 87.0 Å². The summed E-state index contributed by atoms with van der Waals surface area (Å²) in [4.78, 5) is 93.4. The zero-order valence-corrected chi connectivity index (χ0v) is 24.3. The fourth-order valence-electron chi connectivity index (χ4n) is 8.65. The van der Waals surface area contributed by atoms with Gasteiger partial charge in [-0.15, -0.1) is 0 Å². The molecule has 0 aromatic heterocycles. The van der Waals surface area contributed by atoms with E-state index in [9.17, 15) is 33.6 Å². The van der Waals surface area contributed by atoms with Gasteiger partial charge in [0, 0.05) is 54.1 Å². The van der Waals surface area contributed by atoms with E-state index in [1.54, 1.807) is 41.5 Å². The maximum absolute atomic E-state index is 14.1. The highest BCUT2D eigenvalue weighted by atomic mass is 16.5. The molecule has 0 amide bonds. The van der Waals surface area contributed by atoms with E-state index in [1.807, 2.05) is 6.92 Å². The van der Waals surface area contributed by atoms with Crippen molar-refractivity contribution in [2.24, 2.45) is 45.3 Å². The van der Waals surface area contributed by atoms with E-state index in [0.717, 1.165) is 0 Å². The van der Waals surface area contributed by atoms with Gasteiger partial charge in [0.05, 0.1) is 23.9 Å². The van der Waals surface area contributed by atoms with Gasteiger partial charge >= 0.3 is 5.97 Å². The largest absolute Gasteiger partial charge is 0.469 e. The van der Waals surface area contributed by atoms with Crippen molar-refractivity contribution in [2.45, 2.75) is 87.0 Å². The molecule has 39 heavy (non-hydrogen) atoms. The van der Waals surface area contributed by atoms with Gasteiger partial charge in [-0.3, -0.25) is 33.6 Å². The Morgan fingerprint density at radius 1 is 0.897 bits per heavy atom. The number of fused-ring (bicyclic) bond motifs is 4. The number of ether oxygens (including phenoxy) is 1. The molecule has 0 aromatic rings. The lowest BCUT2D eigenvalue weighted by atomic mass is 9.42. The number of hydrogen-bond donors (Lipinski definition) is 0. The van der Waals surface area contributed by atoms with Crippen LogP contribution in [0.5, 0.6) is 0 Å². The lowest BCUT2D eigenvalue weighted by Crippen LogP contribution is -2.62. The number of esters is 1. The monoisotopic (exact) mass is 540 g/mol. The van der Waals surface area contributed by atoms with E-state index in [0.29, 0.717) is 6.42 Å². The third-order valence-corrected chi connectivity index (χ3v) is 11.2. The van der Waals surface area contributed by atoms with Gasteiger partial charge in [0.2, 0.25) is 11.6 Å². The number of rotatable bonds is 6. The first-order valence-corrected chi connectivity index (χ1v) is 13.9. The quantitative estimate of drug-likeness (QED) is 0.367. The zero-order valence-electron chi connectivity index (χ0n) is 24.3. The van der Waals surface area contributed by atoms with Crippen molar-refractivity contribution in [1.82, 2.24) is 0 Å². The highest BCUT2D eigenvalue weighted by Gasteiger charge is 2.74. The summed E-state index contributed by atoms with van der Waals surface area (Å²) in [6, 6.07) is 0. The molecule has 2 unspecified atom stereocenters.